The van der Waals surface area contributed by atoms with E-state index in [2.05, 4.69) is 86.2 Å². The van der Waals surface area contributed by atoms with Gasteiger partial charge in [-0.05, 0) is 76.8 Å². The molecule has 0 spiro atoms. The van der Waals surface area contributed by atoms with Crippen LogP contribution in [0.15, 0.2) is 103 Å². The molecular weight excluding hydrogens is 761 g/mol. The van der Waals surface area contributed by atoms with E-state index >= 15 is 0 Å². The van der Waals surface area contributed by atoms with Crippen molar-refractivity contribution in [1.29, 1.82) is 0 Å². The highest BCUT2D eigenvalue weighted by Crippen LogP contribution is 2.36. The predicted octanol–water partition coefficient (Wildman–Crippen LogP) is 8.00. The first-order chi connectivity index (χ1) is 29.1. The fourth-order valence-corrected chi connectivity index (χ4v) is 8.47. The van der Waals surface area contributed by atoms with E-state index in [0.29, 0.717) is 30.3 Å². The van der Waals surface area contributed by atoms with Crippen molar-refractivity contribution in [2.45, 2.75) is 63.7 Å². The molecule has 4 aromatic carbocycles. The number of H-pyrrole nitrogens is 2. The Balaban J connectivity index is 0.947. The fourth-order valence-electron chi connectivity index (χ4n) is 8.47. The van der Waals surface area contributed by atoms with E-state index in [9.17, 15) is 24.3 Å². The number of hydrogen-bond donors (Lipinski definition) is 5. The molecule has 0 aliphatic carbocycles. The summed E-state index contributed by atoms with van der Waals surface area (Å²) < 4.78 is 4.83. The van der Waals surface area contributed by atoms with Crippen LogP contribution in [0.5, 0.6) is 0 Å². The van der Waals surface area contributed by atoms with Crippen LogP contribution in [-0.4, -0.2) is 85.1 Å². The second kappa shape index (κ2) is 17.1. The summed E-state index contributed by atoms with van der Waals surface area (Å²) in [4.78, 5) is 70.8. The van der Waals surface area contributed by atoms with Crippen LogP contribution in [0.1, 0.15) is 74.9 Å². The van der Waals surface area contributed by atoms with Crippen molar-refractivity contribution in [2.24, 2.45) is 5.92 Å². The first-order valence-electron chi connectivity index (χ1n) is 20.3. The van der Waals surface area contributed by atoms with Crippen LogP contribution in [0.3, 0.4) is 0 Å². The summed E-state index contributed by atoms with van der Waals surface area (Å²) in [6, 6.07) is 27.9. The number of hydrogen-bond acceptors (Lipinski definition) is 7. The number of amides is 4. The minimum Gasteiger partial charge on any atom is -0.465 e. The van der Waals surface area contributed by atoms with E-state index in [4.69, 9.17) is 9.72 Å². The lowest BCUT2D eigenvalue weighted by atomic mass is 9.98. The summed E-state index contributed by atoms with van der Waals surface area (Å²) in [5, 5.41) is 16.6. The average Bonchev–Trinajstić information content (AvgIpc) is 4.11. The monoisotopic (exact) mass is 808 g/mol. The second-order valence-corrected chi connectivity index (χ2v) is 15.7. The number of ether oxygens (including phenoxy) is 1. The van der Waals surface area contributed by atoms with Gasteiger partial charge < -0.3 is 40.2 Å². The van der Waals surface area contributed by atoms with Gasteiger partial charge in [0.15, 0.2) is 0 Å². The number of rotatable bonds is 11. The first kappa shape index (κ1) is 39.8. The minimum absolute atomic E-state index is 0.188. The molecule has 0 bridgehead atoms. The quantitative estimate of drug-likeness (QED) is 0.0872. The smallest absolute Gasteiger partial charge is 0.407 e. The second-order valence-electron chi connectivity index (χ2n) is 15.7. The molecule has 6 aromatic rings. The molecule has 2 fully saturated rings. The van der Waals surface area contributed by atoms with Gasteiger partial charge in [0, 0.05) is 18.7 Å². The van der Waals surface area contributed by atoms with Gasteiger partial charge in [0.25, 0.3) is 5.91 Å². The molecule has 2 aliphatic rings. The number of carbonyl (C=O) groups is 4. The van der Waals surface area contributed by atoms with E-state index in [0.717, 1.165) is 70.1 Å². The zero-order chi connectivity index (χ0) is 41.9. The van der Waals surface area contributed by atoms with Crippen LogP contribution in [0.25, 0.3) is 44.4 Å². The van der Waals surface area contributed by atoms with Crippen molar-refractivity contribution in [3.63, 3.8) is 0 Å². The number of nitrogens with zero attached hydrogens (tertiary/aromatic N) is 4. The molecule has 14 heteroatoms. The highest BCUT2D eigenvalue weighted by molar-refractivity contribution is 5.91. The van der Waals surface area contributed by atoms with E-state index in [-0.39, 0.29) is 29.8 Å². The minimum atomic E-state index is -1.21. The summed E-state index contributed by atoms with van der Waals surface area (Å²) in [5.41, 5.74) is 6.44. The lowest BCUT2D eigenvalue weighted by Crippen LogP contribution is -2.50. The van der Waals surface area contributed by atoms with Gasteiger partial charge in [-0.1, -0.05) is 92.7 Å². The van der Waals surface area contributed by atoms with Crippen LogP contribution in [0.4, 0.5) is 9.59 Å². The van der Waals surface area contributed by atoms with Crippen LogP contribution in [-0.2, 0) is 14.3 Å². The SMILES string of the molecule is COC(=O)NC(C(=O)N1CCC[C@@H]1c1ncc(-c2ccc3cc(-c4ccc(-c5cnc(C6CCCN6C(=O)C(NC(=O)O)C(C)C)[nH]5)cc4)ccc3c2)[nH]1)c1ccccc1. The summed E-state index contributed by atoms with van der Waals surface area (Å²) in [6.45, 7) is 4.77. The molecule has 4 heterocycles. The highest BCUT2D eigenvalue weighted by Gasteiger charge is 2.38. The fraction of sp³-hybridized carbons (Fsp3) is 0.304. The van der Waals surface area contributed by atoms with Gasteiger partial charge in [0.2, 0.25) is 5.91 Å². The lowest BCUT2D eigenvalue weighted by Gasteiger charge is -2.29. The zero-order valence-corrected chi connectivity index (χ0v) is 33.7. The maximum atomic E-state index is 13.9. The Morgan fingerprint density at radius 2 is 1.23 bits per heavy atom. The molecule has 8 rings (SSSR count). The third-order valence-corrected chi connectivity index (χ3v) is 11.6. The van der Waals surface area contributed by atoms with Crippen molar-refractivity contribution in [3.05, 3.63) is 121 Å². The molecule has 2 aliphatic heterocycles. The van der Waals surface area contributed by atoms with Crippen LogP contribution < -0.4 is 10.6 Å². The van der Waals surface area contributed by atoms with E-state index in [1.807, 2.05) is 50.4 Å². The van der Waals surface area contributed by atoms with Crippen LogP contribution in [0, 0.1) is 5.92 Å². The Morgan fingerprint density at radius 1 is 0.700 bits per heavy atom. The number of imidazole rings is 2. The van der Waals surface area contributed by atoms with Gasteiger partial charge >= 0.3 is 12.2 Å². The van der Waals surface area contributed by atoms with Crippen molar-refractivity contribution >= 4 is 34.8 Å². The van der Waals surface area contributed by atoms with Crippen molar-refractivity contribution < 1.29 is 29.0 Å². The summed E-state index contributed by atoms with van der Waals surface area (Å²) >= 11 is 0. The molecule has 14 nitrogen and oxygen atoms in total. The topological polar surface area (TPSA) is 186 Å². The number of methoxy groups -OCH3 is 1. The highest BCUT2D eigenvalue weighted by atomic mass is 16.5. The largest absolute Gasteiger partial charge is 0.465 e. The van der Waals surface area contributed by atoms with Gasteiger partial charge in [-0.15, -0.1) is 0 Å². The molecule has 4 atom stereocenters. The third-order valence-electron chi connectivity index (χ3n) is 11.6. The van der Waals surface area contributed by atoms with Crippen LogP contribution >= 0.6 is 0 Å². The summed E-state index contributed by atoms with van der Waals surface area (Å²) in [7, 11) is 1.28. The summed E-state index contributed by atoms with van der Waals surface area (Å²) in [5.74, 6) is 0.758. The Morgan fingerprint density at radius 3 is 1.82 bits per heavy atom. The maximum Gasteiger partial charge on any atom is 0.407 e. The summed E-state index contributed by atoms with van der Waals surface area (Å²) in [6.07, 6.45) is 4.84. The van der Waals surface area contributed by atoms with Gasteiger partial charge in [0.05, 0.1) is 43.0 Å². The Bertz CT molecular complexity index is 2520. The van der Waals surface area contributed by atoms with Gasteiger partial charge in [-0.25, -0.2) is 19.6 Å². The van der Waals surface area contributed by atoms with E-state index in [1.165, 1.54) is 7.11 Å². The molecular formula is C46H48N8O6. The number of aromatic amines is 2. The van der Waals surface area contributed by atoms with E-state index in [1.54, 1.807) is 16.0 Å². The third kappa shape index (κ3) is 8.17. The number of alkyl carbamates (subject to hydrolysis) is 1. The van der Waals surface area contributed by atoms with Crippen molar-refractivity contribution in [3.8, 4) is 33.6 Å². The van der Waals surface area contributed by atoms with Crippen molar-refractivity contribution in [2.75, 3.05) is 20.2 Å². The molecule has 3 unspecified atom stereocenters. The lowest BCUT2D eigenvalue weighted by molar-refractivity contribution is -0.135. The molecule has 308 valence electrons. The molecule has 2 aromatic heterocycles. The number of likely N-dealkylation sites (tertiary alicyclic amines) is 2. The Labute approximate surface area is 347 Å². The van der Waals surface area contributed by atoms with Gasteiger partial charge in [0.1, 0.15) is 23.7 Å². The number of nitrogens with one attached hydrogen (secondary N) is 4. The molecule has 0 radical (unpaired) electrons. The predicted molar refractivity (Wildman–Crippen MR) is 226 cm³/mol. The molecule has 5 N–H and O–H groups in total. The standard InChI is InChI=1S/C46H48N8O6/c1-27(2)39(51-45(57)58)43(55)53-21-7-11-37(53)41-47-25-35(49-41)29-15-13-28(14-16-29)31-17-18-33-24-34(20-19-32(33)23-31)36-26-48-42(50-36)38-12-8-22-54(38)44(56)40(52-46(59)60-3)30-9-5-4-6-10-30/h4-6,9-10,13-20,23-27,37-40,51H,7-8,11-12,21-22H2,1-3H3,(H,47,49)(H,48,50)(H,52,59)(H,57,58)/t37?,38-,39?,40?/m1/s1. The number of aromatic nitrogens is 4. The Kier molecular flexibility index (Phi) is 11.4. The first-order valence-corrected chi connectivity index (χ1v) is 20.3. The maximum absolute atomic E-state index is 13.9. The average molecular weight is 809 g/mol. The van der Waals surface area contributed by atoms with Crippen molar-refractivity contribution in [1.82, 2.24) is 40.4 Å². The molecule has 0 saturated carbocycles. The number of carbonyl (C=O) groups excluding carboxylic acids is 3. The zero-order valence-electron chi connectivity index (χ0n) is 33.7. The van der Waals surface area contributed by atoms with E-state index < -0.39 is 24.3 Å². The number of carboxylic acid groups (broad SMARTS) is 1. The molecule has 4 amide bonds. The number of fused-ring (bicyclic) bond motifs is 1. The van der Waals surface area contributed by atoms with Gasteiger partial charge in [-0.3, -0.25) is 9.59 Å². The van der Waals surface area contributed by atoms with Gasteiger partial charge in [-0.2, -0.15) is 0 Å². The molecule has 60 heavy (non-hydrogen) atoms. The van der Waals surface area contributed by atoms with Crippen LogP contribution in [0.2, 0.25) is 0 Å². The normalized spacial score (nSPS) is 17.5. The Hall–Kier alpha value is -6.96. The molecule has 2 saturated heterocycles. The number of benzene rings is 4.